The molecule has 3 aromatic rings. The van der Waals surface area contributed by atoms with Crippen LogP contribution in [0.2, 0.25) is 0 Å². The minimum Gasteiger partial charge on any atom is -0.491 e. The van der Waals surface area contributed by atoms with Gasteiger partial charge in [-0.25, -0.2) is 0 Å². The molecule has 2 heterocycles. The fourth-order valence-electron chi connectivity index (χ4n) is 4.48. The summed E-state index contributed by atoms with van der Waals surface area (Å²) in [5.74, 6) is 0.828. The highest BCUT2D eigenvalue weighted by Crippen LogP contribution is 2.35. The Kier molecular flexibility index (Phi) is 6.44. The van der Waals surface area contributed by atoms with E-state index in [1.165, 1.54) is 10.4 Å². The Morgan fingerprint density at radius 3 is 2.45 bits per heavy atom. The van der Waals surface area contributed by atoms with Crippen LogP contribution in [0.25, 0.3) is 0 Å². The van der Waals surface area contributed by atoms with Crippen molar-refractivity contribution in [1.82, 2.24) is 9.80 Å². The number of nitrogens with zero attached hydrogens (tertiary/aromatic N) is 2. The molecule has 0 N–H and O–H groups in total. The smallest absolute Gasteiger partial charge is 0.242 e. The van der Waals surface area contributed by atoms with Crippen LogP contribution in [-0.4, -0.2) is 47.4 Å². The van der Waals surface area contributed by atoms with Crippen LogP contribution in [0.3, 0.4) is 0 Å². The lowest BCUT2D eigenvalue weighted by atomic mass is 10.0. The number of rotatable bonds is 8. The molecule has 0 radical (unpaired) electrons. The molecule has 1 unspecified atom stereocenters. The zero-order valence-electron chi connectivity index (χ0n) is 18.6. The first-order valence-electron chi connectivity index (χ1n) is 11.6. The van der Waals surface area contributed by atoms with E-state index in [4.69, 9.17) is 4.74 Å². The van der Waals surface area contributed by atoms with Crippen LogP contribution in [0, 0.1) is 0 Å². The lowest BCUT2D eigenvalue weighted by Gasteiger charge is -2.37. The molecule has 2 aliphatic rings. The maximum atomic E-state index is 13.5. The minimum absolute atomic E-state index is 0.00169. The van der Waals surface area contributed by atoms with Crippen LogP contribution in [0.1, 0.15) is 34.9 Å². The summed E-state index contributed by atoms with van der Waals surface area (Å²) in [5, 5.41) is 2.09. The maximum absolute atomic E-state index is 13.5. The quantitative estimate of drug-likeness (QED) is 0.498. The first-order valence-corrected chi connectivity index (χ1v) is 12.4. The summed E-state index contributed by atoms with van der Waals surface area (Å²) in [6, 6.07) is 21.6. The highest BCUT2D eigenvalue weighted by Gasteiger charge is 2.37. The van der Waals surface area contributed by atoms with Crippen molar-refractivity contribution in [1.29, 1.82) is 0 Å². The number of fused-ring (bicyclic) bond motifs is 1. The van der Waals surface area contributed by atoms with Crippen molar-refractivity contribution in [2.45, 2.75) is 37.8 Å². The predicted octanol–water partition coefficient (Wildman–Crippen LogP) is 4.49. The summed E-state index contributed by atoms with van der Waals surface area (Å²) in [5.41, 5.74) is 2.15. The van der Waals surface area contributed by atoms with Crippen LogP contribution >= 0.6 is 11.3 Å². The summed E-state index contributed by atoms with van der Waals surface area (Å²) in [7, 11) is 0. The van der Waals surface area contributed by atoms with Crippen LogP contribution in [0.4, 0.5) is 0 Å². The molecule has 5 rings (SSSR count). The molecular weight excluding hydrogens is 432 g/mol. The number of hydrogen-bond donors (Lipinski definition) is 0. The van der Waals surface area contributed by atoms with E-state index in [-0.39, 0.29) is 30.4 Å². The zero-order chi connectivity index (χ0) is 22.6. The molecule has 1 aliphatic carbocycles. The highest BCUT2D eigenvalue weighted by molar-refractivity contribution is 7.10. The average Bonchev–Trinajstić information content (AvgIpc) is 3.57. The molecule has 2 amide bonds. The molecule has 0 spiro atoms. The van der Waals surface area contributed by atoms with E-state index in [1.807, 2.05) is 65.6 Å². The first-order chi connectivity index (χ1) is 16.2. The molecule has 1 fully saturated rings. The predicted molar refractivity (Wildman–Crippen MR) is 129 cm³/mol. The van der Waals surface area contributed by atoms with Crippen molar-refractivity contribution in [2.75, 3.05) is 19.7 Å². The van der Waals surface area contributed by atoms with Crippen molar-refractivity contribution in [3.63, 3.8) is 0 Å². The van der Waals surface area contributed by atoms with E-state index in [0.29, 0.717) is 19.6 Å². The molecule has 5 nitrogen and oxygen atoms in total. The third-order valence-corrected chi connectivity index (χ3v) is 7.37. The van der Waals surface area contributed by atoms with Gasteiger partial charge in [0.1, 0.15) is 18.9 Å². The van der Waals surface area contributed by atoms with E-state index in [2.05, 4.69) is 11.4 Å². The topological polar surface area (TPSA) is 49.9 Å². The molecular formula is C27H28N2O3S. The third kappa shape index (κ3) is 5.11. The lowest BCUT2D eigenvalue weighted by Crippen LogP contribution is -2.48. The van der Waals surface area contributed by atoms with Gasteiger partial charge in [0, 0.05) is 17.5 Å². The number of amides is 2. The summed E-state index contributed by atoms with van der Waals surface area (Å²) in [6.07, 6.45) is 3.13. The van der Waals surface area contributed by atoms with E-state index in [1.54, 1.807) is 16.2 Å². The van der Waals surface area contributed by atoms with Gasteiger partial charge in [-0.05, 0) is 54.0 Å². The molecule has 1 atom stereocenters. The number of carbonyl (C=O) groups is 2. The maximum Gasteiger partial charge on any atom is 0.242 e. The monoisotopic (exact) mass is 460 g/mol. The van der Waals surface area contributed by atoms with Crippen molar-refractivity contribution < 1.29 is 14.3 Å². The van der Waals surface area contributed by atoms with Gasteiger partial charge < -0.3 is 14.5 Å². The fourth-order valence-corrected chi connectivity index (χ4v) is 5.41. The number of hydrogen-bond acceptors (Lipinski definition) is 4. The van der Waals surface area contributed by atoms with Crippen molar-refractivity contribution in [2.24, 2.45) is 0 Å². The van der Waals surface area contributed by atoms with Crippen molar-refractivity contribution in [3.05, 3.63) is 88.1 Å². The number of carbonyl (C=O) groups excluding carboxylic acids is 2. The fraction of sp³-hybridized carbons (Fsp3) is 0.333. The molecule has 6 heteroatoms. The third-order valence-electron chi connectivity index (χ3n) is 6.38. The Hall–Kier alpha value is -3.12. The Morgan fingerprint density at radius 1 is 1.00 bits per heavy atom. The Bertz CT molecular complexity index is 1090. The van der Waals surface area contributed by atoms with Gasteiger partial charge in [-0.3, -0.25) is 9.59 Å². The first kappa shape index (κ1) is 21.7. The standard InChI is InChI=1S/C27H28N2O3S/c30-26(17-20-7-3-1-4-8-20)29(21-11-12-21)18-27(31)28-15-13-25-23(14-16-33-25)24(28)19-32-22-9-5-2-6-10-22/h1-10,14,16,21,24H,11-13,15,17-19H2. The van der Waals surface area contributed by atoms with Gasteiger partial charge in [0.15, 0.2) is 0 Å². The number of benzene rings is 2. The summed E-state index contributed by atoms with van der Waals surface area (Å²) < 4.78 is 6.07. The van der Waals surface area contributed by atoms with Gasteiger partial charge >= 0.3 is 0 Å². The average molecular weight is 461 g/mol. The van der Waals surface area contributed by atoms with Crippen molar-refractivity contribution in [3.8, 4) is 5.75 Å². The second-order valence-corrected chi connectivity index (χ2v) is 9.69. The van der Waals surface area contributed by atoms with Gasteiger partial charge in [-0.1, -0.05) is 48.5 Å². The van der Waals surface area contributed by atoms with E-state index in [9.17, 15) is 9.59 Å². The van der Waals surface area contributed by atoms with Crippen LogP contribution in [0.15, 0.2) is 72.1 Å². The van der Waals surface area contributed by atoms with Crippen LogP contribution in [0.5, 0.6) is 5.75 Å². The minimum atomic E-state index is -0.141. The Labute approximate surface area is 198 Å². The number of para-hydroxylation sites is 1. The largest absolute Gasteiger partial charge is 0.491 e. The van der Waals surface area contributed by atoms with Gasteiger partial charge in [0.25, 0.3) is 0 Å². The van der Waals surface area contributed by atoms with Gasteiger partial charge in [-0.2, -0.15) is 0 Å². The van der Waals surface area contributed by atoms with Gasteiger partial charge in [0.2, 0.25) is 11.8 Å². The van der Waals surface area contributed by atoms with Gasteiger partial charge in [0.05, 0.1) is 12.5 Å². The molecule has 1 aromatic heterocycles. The molecule has 1 saturated carbocycles. The molecule has 33 heavy (non-hydrogen) atoms. The lowest BCUT2D eigenvalue weighted by molar-refractivity contribution is -0.143. The van der Waals surface area contributed by atoms with E-state index in [0.717, 1.165) is 30.6 Å². The SMILES string of the molecule is O=C(Cc1ccccc1)N(CC(=O)N1CCc2sccc2C1COc1ccccc1)C1CC1. The number of thiophene rings is 1. The summed E-state index contributed by atoms with van der Waals surface area (Å²) in [6.45, 7) is 1.19. The van der Waals surface area contributed by atoms with Gasteiger partial charge in [-0.15, -0.1) is 11.3 Å². The normalized spacial score (nSPS) is 17.3. The number of ether oxygens (including phenoxy) is 1. The molecule has 0 bridgehead atoms. The Morgan fingerprint density at radius 2 is 1.73 bits per heavy atom. The molecule has 2 aromatic carbocycles. The van der Waals surface area contributed by atoms with Crippen molar-refractivity contribution >= 4 is 23.2 Å². The highest BCUT2D eigenvalue weighted by atomic mass is 32.1. The summed E-state index contributed by atoms with van der Waals surface area (Å²) >= 11 is 1.74. The van der Waals surface area contributed by atoms with Crippen LogP contribution in [-0.2, 0) is 22.4 Å². The molecule has 1 aliphatic heterocycles. The van der Waals surface area contributed by atoms with E-state index < -0.39 is 0 Å². The Balaban J connectivity index is 1.30. The zero-order valence-corrected chi connectivity index (χ0v) is 19.4. The second-order valence-electron chi connectivity index (χ2n) is 8.69. The molecule has 0 saturated heterocycles. The second kappa shape index (κ2) is 9.79. The molecule has 170 valence electrons. The van der Waals surface area contributed by atoms with E-state index >= 15 is 0 Å². The van der Waals surface area contributed by atoms with Crippen LogP contribution < -0.4 is 4.74 Å². The summed E-state index contributed by atoms with van der Waals surface area (Å²) in [4.78, 5) is 31.7.